The molecule has 0 aliphatic rings. The fraction of sp³-hybridized carbons (Fsp3) is 0.929. The van der Waals surface area contributed by atoms with Gasteiger partial charge in [0.2, 0.25) is 0 Å². The van der Waals surface area contributed by atoms with E-state index in [0.717, 1.165) is 12.8 Å². The van der Waals surface area contributed by atoms with Gasteiger partial charge in [0.15, 0.2) is 0 Å². The van der Waals surface area contributed by atoms with Crippen molar-refractivity contribution in [1.29, 1.82) is 0 Å². The molecule has 0 aromatic rings. The summed E-state index contributed by atoms with van der Waals surface area (Å²) in [7, 11) is 1.68. The molecule has 2 unspecified atom stereocenters. The number of carbonyl (C=O) groups excluding carboxylic acids is 1. The molecule has 0 aliphatic carbocycles. The van der Waals surface area contributed by atoms with Gasteiger partial charge in [-0.2, -0.15) is 0 Å². The van der Waals surface area contributed by atoms with Crippen molar-refractivity contribution < 1.29 is 14.3 Å². The molecular weight excluding hydrogens is 258 g/mol. The number of ether oxygens (including phenoxy) is 2. The molecule has 0 aliphatic heterocycles. The van der Waals surface area contributed by atoms with E-state index in [0.29, 0.717) is 19.7 Å². The first-order valence-electron chi connectivity index (χ1n) is 7.20. The minimum absolute atomic E-state index is 0.0120. The van der Waals surface area contributed by atoms with Gasteiger partial charge in [0.05, 0.1) is 6.61 Å². The van der Waals surface area contributed by atoms with Gasteiger partial charge in [-0.15, -0.1) is 0 Å². The van der Waals surface area contributed by atoms with E-state index in [2.05, 4.69) is 10.6 Å². The number of rotatable bonds is 9. The van der Waals surface area contributed by atoms with Crippen molar-refractivity contribution in [2.45, 2.75) is 58.2 Å². The Kier molecular flexibility index (Phi) is 9.54. The smallest absolute Gasteiger partial charge is 0.407 e. The Morgan fingerprint density at radius 1 is 1.35 bits per heavy atom. The summed E-state index contributed by atoms with van der Waals surface area (Å²) in [6.07, 6.45) is 1.52. The standard InChI is InChI=1S/C14H31N3O3/c1-11(17-13(18)20-14(2,3)4)9-16-12(10-19-5)7-6-8-15/h11-12,16H,6-10,15H2,1-5H3,(H,17,18). The molecule has 0 radical (unpaired) electrons. The highest BCUT2D eigenvalue weighted by atomic mass is 16.6. The zero-order valence-electron chi connectivity index (χ0n) is 13.5. The molecule has 0 saturated heterocycles. The van der Waals surface area contributed by atoms with Gasteiger partial charge in [0.1, 0.15) is 5.60 Å². The number of carbonyl (C=O) groups is 1. The SMILES string of the molecule is COCC(CCCN)NCC(C)NC(=O)OC(C)(C)C. The highest BCUT2D eigenvalue weighted by molar-refractivity contribution is 5.68. The van der Waals surface area contributed by atoms with Crippen molar-refractivity contribution in [1.82, 2.24) is 10.6 Å². The average Bonchev–Trinajstić information content (AvgIpc) is 2.30. The third-order valence-corrected chi connectivity index (χ3v) is 2.60. The zero-order valence-corrected chi connectivity index (χ0v) is 13.5. The molecule has 0 bridgehead atoms. The minimum atomic E-state index is -0.475. The van der Waals surface area contributed by atoms with Crippen LogP contribution in [0.2, 0.25) is 0 Å². The predicted octanol–water partition coefficient (Wildman–Crippen LogP) is 1.24. The second-order valence-electron chi connectivity index (χ2n) is 6.04. The first-order chi connectivity index (χ1) is 9.28. The van der Waals surface area contributed by atoms with Crippen molar-refractivity contribution in [2.75, 3.05) is 26.8 Å². The molecule has 0 saturated carbocycles. The lowest BCUT2D eigenvalue weighted by Crippen LogP contribution is -2.46. The molecule has 0 rings (SSSR count). The number of methoxy groups -OCH3 is 1. The maximum Gasteiger partial charge on any atom is 0.407 e. The normalized spacial score (nSPS) is 14.7. The Morgan fingerprint density at radius 3 is 2.50 bits per heavy atom. The van der Waals surface area contributed by atoms with Gasteiger partial charge in [-0.05, 0) is 47.1 Å². The van der Waals surface area contributed by atoms with Crippen LogP contribution in [0, 0.1) is 0 Å². The van der Waals surface area contributed by atoms with Gasteiger partial charge in [0.25, 0.3) is 0 Å². The summed E-state index contributed by atoms with van der Waals surface area (Å²) >= 11 is 0. The number of alkyl carbamates (subject to hydrolysis) is 1. The molecule has 120 valence electrons. The Morgan fingerprint density at radius 2 is 2.00 bits per heavy atom. The van der Waals surface area contributed by atoms with Crippen LogP contribution in [-0.2, 0) is 9.47 Å². The maximum absolute atomic E-state index is 11.6. The van der Waals surface area contributed by atoms with Crippen LogP contribution in [0.25, 0.3) is 0 Å². The number of nitrogens with two attached hydrogens (primary N) is 1. The van der Waals surface area contributed by atoms with E-state index < -0.39 is 11.7 Å². The van der Waals surface area contributed by atoms with Crippen LogP contribution in [-0.4, -0.2) is 50.6 Å². The van der Waals surface area contributed by atoms with Crippen LogP contribution in [0.5, 0.6) is 0 Å². The third kappa shape index (κ3) is 11.0. The fourth-order valence-corrected chi connectivity index (χ4v) is 1.71. The second-order valence-corrected chi connectivity index (χ2v) is 6.04. The lowest BCUT2D eigenvalue weighted by atomic mass is 10.1. The van der Waals surface area contributed by atoms with Crippen LogP contribution >= 0.6 is 0 Å². The summed E-state index contributed by atoms with van der Waals surface area (Å²) in [5.74, 6) is 0. The molecule has 6 nitrogen and oxygen atoms in total. The molecule has 2 atom stereocenters. The lowest BCUT2D eigenvalue weighted by Gasteiger charge is -2.24. The van der Waals surface area contributed by atoms with Gasteiger partial charge in [-0.3, -0.25) is 0 Å². The Hall–Kier alpha value is -0.850. The Balaban J connectivity index is 3.99. The van der Waals surface area contributed by atoms with Gasteiger partial charge in [-0.1, -0.05) is 0 Å². The molecule has 0 heterocycles. The zero-order chi connectivity index (χ0) is 15.6. The van der Waals surface area contributed by atoms with Crippen LogP contribution in [0.4, 0.5) is 4.79 Å². The van der Waals surface area contributed by atoms with Gasteiger partial charge < -0.3 is 25.8 Å². The van der Waals surface area contributed by atoms with E-state index in [1.165, 1.54) is 0 Å². The first kappa shape index (κ1) is 19.1. The lowest BCUT2D eigenvalue weighted by molar-refractivity contribution is 0.0506. The van der Waals surface area contributed by atoms with Crippen LogP contribution in [0.3, 0.4) is 0 Å². The first-order valence-corrected chi connectivity index (χ1v) is 7.20. The average molecular weight is 289 g/mol. The molecule has 0 aromatic carbocycles. The van der Waals surface area contributed by atoms with E-state index in [1.54, 1.807) is 7.11 Å². The van der Waals surface area contributed by atoms with Gasteiger partial charge in [0, 0.05) is 25.7 Å². The molecule has 1 amide bonds. The summed E-state index contributed by atoms with van der Waals surface area (Å²) < 4.78 is 10.4. The molecule has 6 heteroatoms. The predicted molar refractivity (Wildman–Crippen MR) is 80.8 cm³/mol. The Labute approximate surface area is 122 Å². The van der Waals surface area contributed by atoms with Gasteiger partial charge >= 0.3 is 6.09 Å². The number of amides is 1. The van der Waals surface area contributed by atoms with E-state index in [4.69, 9.17) is 15.2 Å². The van der Waals surface area contributed by atoms with Crippen molar-refractivity contribution in [3.05, 3.63) is 0 Å². The molecule has 0 fully saturated rings. The van der Waals surface area contributed by atoms with Gasteiger partial charge in [-0.25, -0.2) is 4.79 Å². The van der Waals surface area contributed by atoms with E-state index >= 15 is 0 Å². The number of hydrogen-bond donors (Lipinski definition) is 3. The largest absolute Gasteiger partial charge is 0.444 e. The van der Waals surface area contributed by atoms with Crippen molar-refractivity contribution in [3.63, 3.8) is 0 Å². The minimum Gasteiger partial charge on any atom is -0.444 e. The van der Waals surface area contributed by atoms with Crippen molar-refractivity contribution in [2.24, 2.45) is 5.73 Å². The highest BCUT2D eigenvalue weighted by Gasteiger charge is 2.18. The molecule has 0 spiro atoms. The number of nitrogens with one attached hydrogen (secondary N) is 2. The summed E-state index contributed by atoms with van der Waals surface area (Å²) in [6, 6.07) is 0.244. The maximum atomic E-state index is 11.6. The summed E-state index contributed by atoms with van der Waals surface area (Å²) in [5.41, 5.74) is 5.04. The second kappa shape index (κ2) is 9.96. The molecule has 20 heavy (non-hydrogen) atoms. The van der Waals surface area contributed by atoms with E-state index in [1.807, 2.05) is 27.7 Å². The third-order valence-electron chi connectivity index (χ3n) is 2.60. The Bertz CT molecular complexity index is 267. The highest BCUT2D eigenvalue weighted by Crippen LogP contribution is 2.06. The summed E-state index contributed by atoms with van der Waals surface area (Å²) in [4.78, 5) is 11.6. The van der Waals surface area contributed by atoms with E-state index in [9.17, 15) is 4.79 Å². The summed E-state index contributed by atoms with van der Waals surface area (Å²) in [5, 5.41) is 6.17. The fourth-order valence-electron chi connectivity index (χ4n) is 1.71. The van der Waals surface area contributed by atoms with E-state index in [-0.39, 0.29) is 12.1 Å². The molecular formula is C14H31N3O3. The summed E-state index contributed by atoms with van der Waals surface area (Å²) in [6.45, 7) is 9.44. The number of hydrogen-bond acceptors (Lipinski definition) is 5. The van der Waals surface area contributed by atoms with Crippen LogP contribution in [0.1, 0.15) is 40.5 Å². The van der Waals surface area contributed by atoms with Crippen molar-refractivity contribution >= 4 is 6.09 Å². The van der Waals surface area contributed by atoms with Crippen LogP contribution < -0.4 is 16.4 Å². The monoisotopic (exact) mass is 289 g/mol. The topological polar surface area (TPSA) is 85.6 Å². The molecule has 0 aromatic heterocycles. The molecule has 4 N–H and O–H groups in total. The quantitative estimate of drug-likeness (QED) is 0.594. The van der Waals surface area contributed by atoms with Crippen molar-refractivity contribution in [3.8, 4) is 0 Å². The van der Waals surface area contributed by atoms with Crippen LogP contribution in [0.15, 0.2) is 0 Å².